The van der Waals surface area contributed by atoms with Crippen molar-refractivity contribution >= 4 is 11.8 Å². The highest BCUT2D eigenvalue weighted by Gasteiger charge is 2.41. The fraction of sp³-hybridized carbons (Fsp3) is 0.481. The van der Waals surface area contributed by atoms with Crippen LogP contribution in [-0.4, -0.2) is 44.6 Å². The molecule has 3 rings (SSSR count). The maximum atomic E-state index is 13.7. The van der Waals surface area contributed by atoms with Gasteiger partial charge in [-0.15, -0.1) is 0 Å². The second kappa shape index (κ2) is 11.8. The van der Waals surface area contributed by atoms with E-state index in [1.807, 2.05) is 54.3 Å². The van der Waals surface area contributed by atoms with Gasteiger partial charge in [0.25, 0.3) is 0 Å². The molecular formula is C27H36N2O5. The number of para-hydroxylation sites is 1. The number of hydrogen-bond acceptors (Lipinski definition) is 5. The first-order valence-corrected chi connectivity index (χ1v) is 11.9. The molecule has 184 valence electrons. The van der Waals surface area contributed by atoms with Crippen molar-refractivity contribution in [2.24, 2.45) is 5.92 Å². The molecule has 1 N–H and O–H groups in total. The van der Waals surface area contributed by atoms with E-state index in [1.165, 1.54) is 0 Å². The number of hydrogen-bond donors (Lipinski definition) is 1. The second-order valence-corrected chi connectivity index (χ2v) is 8.61. The van der Waals surface area contributed by atoms with Crippen molar-refractivity contribution in [1.82, 2.24) is 10.2 Å². The van der Waals surface area contributed by atoms with Crippen LogP contribution in [-0.2, 0) is 9.59 Å². The van der Waals surface area contributed by atoms with Gasteiger partial charge in [0.2, 0.25) is 11.8 Å². The van der Waals surface area contributed by atoms with Gasteiger partial charge in [0, 0.05) is 24.1 Å². The largest absolute Gasteiger partial charge is 0.497 e. The smallest absolute Gasteiger partial charge is 0.226 e. The summed E-state index contributed by atoms with van der Waals surface area (Å²) >= 11 is 0. The molecule has 1 fully saturated rings. The predicted molar refractivity (Wildman–Crippen MR) is 131 cm³/mol. The van der Waals surface area contributed by atoms with Gasteiger partial charge in [-0.3, -0.25) is 9.59 Å². The summed E-state index contributed by atoms with van der Waals surface area (Å²) in [5, 5.41) is 3.17. The third-order valence-electron chi connectivity index (χ3n) is 6.52. The Morgan fingerprint density at radius 2 is 1.82 bits per heavy atom. The number of rotatable bonds is 10. The minimum atomic E-state index is -0.398. The summed E-state index contributed by atoms with van der Waals surface area (Å²) in [7, 11) is 4.83. The summed E-state index contributed by atoms with van der Waals surface area (Å²) in [6.45, 7) is 4.64. The summed E-state index contributed by atoms with van der Waals surface area (Å²) in [6, 6.07) is 12.5. The number of nitrogens with zero attached hydrogens (tertiary/aromatic N) is 1. The number of likely N-dealkylation sites (tertiary alicyclic amines) is 1. The van der Waals surface area contributed by atoms with Gasteiger partial charge in [0.1, 0.15) is 17.2 Å². The van der Waals surface area contributed by atoms with E-state index in [0.29, 0.717) is 36.6 Å². The fourth-order valence-electron chi connectivity index (χ4n) is 4.69. The lowest BCUT2D eigenvalue weighted by Gasteiger charge is -2.41. The van der Waals surface area contributed by atoms with E-state index in [1.54, 1.807) is 21.3 Å². The first-order valence-electron chi connectivity index (χ1n) is 11.9. The van der Waals surface area contributed by atoms with Gasteiger partial charge in [-0.1, -0.05) is 31.5 Å². The van der Waals surface area contributed by atoms with Crippen LogP contribution in [0.2, 0.25) is 0 Å². The SMILES string of the molecule is CCCCN1C(=O)CCC(C(=O)NC(C)c2cc(OC)ccc2OC)C1c1ccccc1OC. The Hall–Kier alpha value is -3.22. The third kappa shape index (κ3) is 5.46. The molecule has 1 aliphatic rings. The topological polar surface area (TPSA) is 77.1 Å². The van der Waals surface area contributed by atoms with Crippen LogP contribution in [0.15, 0.2) is 42.5 Å². The molecule has 1 heterocycles. The van der Waals surface area contributed by atoms with E-state index in [9.17, 15) is 9.59 Å². The summed E-state index contributed by atoms with van der Waals surface area (Å²) in [5.74, 6) is 1.64. The molecule has 0 aromatic heterocycles. The minimum absolute atomic E-state index is 0.0796. The van der Waals surface area contributed by atoms with E-state index in [4.69, 9.17) is 14.2 Å². The van der Waals surface area contributed by atoms with Crippen molar-refractivity contribution < 1.29 is 23.8 Å². The molecule has 7 heteroatoms. The molecule has 34 heavy (non-hydrogen) atoms. The number of carbonyl (C=O) groups excluding carboxylic acids is 2. The van der Waals surface area contributed by atoms with Crippen LogP contribution in [0.5, 0.6) is 17.2 Å². The fourth-order valence-corrected chi connectivity index (χ4v) is 4.69. The van der Waals surface area contributed by atoms with Gasteiger partial charge in [-0.25, -0.2) is 0 Å². The Morgan fingerprint density at radius 3 is 2.50 bits per heavy atom. The molecule has 0 bridgehead atoms. The van der Waals surface area contributed by atoms with Crippen LogP contribution in [0.4, 0.5) is 0 Å². The zero-order chi connectivity index (χ0) is 24.7. The highest BCUT2D eigenvalue weighted by Crippen LogP contribution is 2.41. The number of carbonyl (C=O) groups is 2. The molecule has 1 aliphatic heterocycles. The number of benzene rings is 2. The molecule has 0 aliphatic carbocycles. The number of unbranched alkanes of at least 4 members (excludes halogenated alkanes) is 1. The Morgan fingerprint density at radius 1 is 1.09 bits per heavy atom. The average Bonchev–Trinajstić information content (AvgIpc) is 2.87. The Balaban J connectivity index is 1.94. The summed E-state index contributed by atoms with van der Waals surface area (Å²) in [6.07, 6.45) is 2.68. The van der Waals surface area contributed by atoms with Gasteiger partial charge >= 0.3 is 0 Å². The van der Waals surface area contributed by atoms with Gasteiger partial charge in [0.05, 0.1) is 39.3 Å². The van der Waals surface area contributed by atoms with Gasteiger partial charge < -0.3 is 24.4 Å². The van der Waals surface area contributed by atoms with Gasteiger partial charge in [0.15, 0.2) is 0 Å². The van der Waals surface area contributed by atoms with Crippen molar-refractivity contribution in [3.8, 4) is 17.2 Å². The zero-order valence-corrected chi connectivity index (χ0v) is 20.8. The first kappa shape index (κ1) is 25.4. The predicted octanol–water partition coefficient (Wildman–Crippen LogP) is 4.67. The van der Waals surface area contributed by atoms with Gasteiger partial charge in [-0.05, 0) is 44.0 Å². The quantitative estimate of drug-likeness (QED) is 0.548. The molecule has 1 saturated heterocycles. The molecule has 2 amide bonds. The second-order valence-electron chi connectivity index (χ2n) is 8.61. The van der Waals surface area contributed by atoms with E-state index >= 15 is 0 Å². The van der Waals surface area contributed by atoms with E-state index in [2.05, 4.69) is 12.2 Å². The molecule has 2 aromatic carbocycles. The first-order chi connectivity index (χ1) is 16.4. The van der Waals surface area contributed by atoms with Crippen molar-refractivity contribution in [3.05, 3.63) is 53.6 Å². The Kier molecular flexibility index (Phi) is 8.79. The van der Waals surface area contributed by atoms with E-state index in [0.717, 1.165) is 24.0 Å². The van der Waals surface area contributed by atoms with Crippen LogP contribution < -0.4 is 19.5 Å². The van der Waals surface area contributed by atoms with Crippen molar-refractivity contribution in [1.29, 1.82) is 0 Å². The Bertz CT molecular complexity index is 993. The molecule has 7 nitrogen and oxygen atoms in total. The summed E-state index contributed by atoms with van der Waals surface area (Å²) in [4.78, 5) is 28.5. The van der Waals surface area contributed by atoms with Crippen molar-refractivity contribution in [3.63, 3.8) is 0 Å². The number of piperidine rings is 1. The lowest BCUT2D eigenvalue weighted by molar-refractivity contribution is -0.143. The van der Waals surface area contributed by atoms with Gasteiger partial charge in [-0.2, -0.15) is 0 Å². The molecule has 0 spiro atoms. The molecule has 0 saturated carbocycles. The van der Waals surface area contributed by atoms with Crippen LogP contribution in [0.25, 0.3) is 0 Å². The summed E-state index contributed by atoms with van der Waals surface area (Å²) < 4.78 is 16.5. The molecular weight excluding hydrogens is 432 g/mol. The van der Waals surface area contributed by atoms with Crippen molar-refractivity contribution in [2.75, 3.05) is 27.9 Å². The summed E-state index contributed by atoms with van der Waals surface area (Å²) in [5.41, 5.74) is 1.69. The lowest BCUT2D eigenvalue weighted by atomic mass is 9.82. The number of ether oxygens (including phenoxy) is 3. The van der Waals surface area contributed by atoms with Crippen LogP contribution in [0.3, 0.4) is 0 Å². The molecule has 2 aromatic rings. The number of methoxy groups -OCH3 is 3. The zero-order valence-electron chi connectivity index (χ0n) is 20.8. The molecule has 0 radical (unpaired) electrons. The monoisotopic (exact) mass is 468 g/mol. The van der Waals surface area contributed by atoms with E-state index in [-0.39, 0.29) is 23.9 Å². The lowest BCUT2D eigenvalue weighted by Crippen LogP contribution is -2.48. The standard InChI is InChI=1S/C27H36N2O5/c1-6-7-16-29-25(30)15-13-21(26(29)20-10-8-9-11-23(20)33-4)27(31)28-18(2)22-17-19(32-3)12-14-24(22)34-5/h8-12,14,17-18,21,26H,6-7,13,15-16H2,1-5H3,(H,28,31). The van der Waals surface area contributed by atoms with E-state index < -0.39 is 5.92 Å². The molecule has 3 atom stereocenters. The highest BCUT2D eigenvalue weighted by atomic mass is 16.5. The van der Waals surface area contributed by atoms with Crippen LogP contribution in [0.1, 0.15) is 62.7 Å². The van der Waals surface area contributed by atoms with Crippen LogP contribution in [0, 0.1) is 5.92 Å². The third-order valence-corrected chi connectivity index (χ3v) is 6.52. The normalized spacial score (nSPS) is 18.9. The van der Waals surface area contributed by atoms with Crippen molar-refractivity contribution in [2.45, 2.75) is 51.6 Å². The minimum Gasteiger partial charge on any atom is -0.497 e. The maximum Gasteiger partial charge on any atom is 0.226 e. The number of nitrogens with one attached hydrogen (secondary N) is 1. The number of amides is 2. The van der Waals surface area contributed by atoms with Crippen LogP contribution >= 0.6 is 0 Å². The Labute approximate surface area is 202 Å². The highest BCUT2D eigenvalue weighted by molar-refractivity contribution is 5.85. The maximum absolute atomic E-state index is 13.7. The molecule has 3 unspecified atom stereocenters. The average molecular weight is 469 g/mol.